The molecule has 0 aliphatic rings. The van der Waals surface area contributed by atoms with Gasteiger partial charge in [0, 0.05) is 18.3 Å². The van der Waals surface area contributed by atoms with Gasteiger partial charge in [0.2, 0.25) is 17.7 Å². The van der Waals surface area contributed by atoms with Gasteiger partial charge in [-0.3, -0.25) is 19.2 Å². The fourth-order valence-corrected chi connectivity index (χ4v) is 3.21. The summed E-state index contributed by atoms with van der Waals surface area (Å²) >= 11 is 1.37. The molecule has 1 heterocycles. The number of imidazole rings is 1. The number of aromatic nitrogens is 2. The number of aromatic amines is 1. The van der Waals surface area contributed by atoms with Crippen LogP contribution >= 0.6 is 11.8 Å². The maximum absolute atomic E-state index is 13.0. The first kappa shape index (κ1) is 28.9. The number of hydrogen-bond donors (Lipinski definition) is 8. The lowest BCUT2D eigenvalue weighted by atomic mass is 10.1. The molecule has 0 aromatic carbocycles. The van der Waals surface area contributed by atoms with E-state index in [1.165, 1.54) is 31.2 Å². The van der Waals surface area contributed by atoms with Crippen LogP contribution in [0.4, 0.5) is 0 Å². The number of nitrogens with one attached hydrogen (secondary N) is 4. The van der Waals surface area contributed by atoms with E-state index in [9.17, 15) is 34.2 Å². The second kappa shape index (κ2) is 14.2. The Kier molecular flexibility index (Phi) is 12.0. The van der Waals surface area contributed by atoms with E-state index in [0.717, 1.165) is 0 Å². The van der Waals surface area contributed by atoms with Gasteiger partial charge in [-0.2, -0.15) is 11.8 Å². The summed E-state index contributed by atoms with van der Waals surface area (Å²) in [6, 6.07) is -5.41. The molecule has 0 fully saturated rings. The normalized spacial score (nSPS) is 15.3. The number of nitrogens with zero attached hydrogens (tertiary/aromatic N) is 1. The van der Waals surface area contributed by atoms with Crippen LogP contribution in [0.15, 0.2) is 12.5 Å². The lowest BCUT2D eigenvalue weighted by Crippen LogP contribution is -2.58. The third kappa shape index (κ3) is 9.76. The lowest BCUT2D eigenvalue weighted by Gasteiger charge is -2.25. The molecule has 9 N–H and O–H groups in total. The molecule has 0 bridgehead atoms. The average molecular weight is 503 g/mol. The highest BCUT2D eigenvalue weighted by atomic mass is 32.2. The minimum atomic E-state index is -1.69. The Morgan fingerprint density at radius 1 is 1.06 bits per heavy atom. The summed E-state index contributed by atoms with van der Waals surface area (Å²) in [5.41, 5.74) is 6.13. The van der Waals surface area contributed by atoms with Crippen molar-refractivity contribution in [3.63, 3.8) is 0 Å². The first-order valence-corrected chi connectivity index (χ1v) is 11.6. The molecule has 190 valence electrons. The molecule has 0 spiro atoms. The Morgan fingerprint density at radius 3 is 2.15 bits per heavy atom. The first-order valence-electron chi connectivity index (χ1n) is 10.2. The van der Waals surface area contributed by atoms with Crippen molar-refractivity contribution in [1.82, 2.24) is 25.9 Å². The van der Waals surface area contributed by atoms with Crippen LogP contribution in [0.2, 0.25) is 0 Å². The van der Waals surface area contributed by atoms with E-state index in [-0.39, 0.29) is 12.8 Å². The SMILES string of the molecule is CSCCC(NC(=O)C(Cc1cnc[nH]1)NC(=O)C(N)C(C)O)C(=O)NC(CC(=O)O)C(=O)O. The van der Waals surface area contributed by atoms with Crippen LogP contribution in [0.25, 0.3) is 0 Å². The third-order valence-corrected chi connectivity index (χ3v) is 5.32. The van der Waals surface area contributed by atoms with Gasteiger partial charge < -0.3 is 42.0 Å². The number of carboxylic acids is 2. The van der Waals surface area contributed by atoms with E-state index in [2.05, 4.69) is 25.9 Å². The number of carbonyl (C=O) groups excluding carboxylic acids is 3. The maximum Gasteiger partial charge on any atom is 0.326 e. The standard InChI is InChI=1S/C19H30N6O8S/c1-9(26)15(20)18(31)24-12(5-10-7-21-8-22-10)17(30)23-11(3-4-34-2)16(29)25-13(19(32)33)6-14(27)28/h7-9,11-13,15,26H,3-6,20H2,1-2H3,(H,21,22)(H,23,30)(H,24,31)(H,25,29)(H,27,28)(H,32,33). The number of thioether (sulfide) groups is 1. The van der Waals surface area contributed by atoms with Crippen LogP contribution in [0.1, 0.15) is 25.5 Å². The molecule has 0 saturated carbocycles. The molecule has 5 atom stereocenters. The van der Waals surface area contributed by atoms with E-state index < -0.39 is 66.4 Å². The molecule has 1 aromatic rings. The van der Waals surface area contributed by atoms with Crippen LogP contribution < -0.4 is 21.7 Å². The Bertz CT molecular complexity index is 850. The minimum absolute atomic E-state index is 0.0439. The Labute approximate surface area is 199 Å². The zero-order chi connectivity index (χ0) is 25.8. The van der Waals surface area contributed by atoms with E-state index in [1.54, 1.807) is 6.26 Å². The van der Waals surface area contributed by atoms with E-state index in [4.69, 9.17) is 10.8 Å². The molecule has 14 nitrogen and oxygen atoms in total. The van der Waals surface area contributed by atoms with Crippen molar-refractivity contribution in [2.45, 2.75) is 56.5 Å². The maximum atomic E-state index is 13.0. The highest BCUT2D eigenvalue weighted by Gasteiger charge is 2.31. The Hall–Kier alpha value is -3.17. The number of aliphatic carboxylic acids is 2. The summed E-state index contributed by atoms with van der Waals surface area (Å²) in [5, 5.41) is 34.6. The summed E-state index contributed by atoms with van der Waals surface area (Å²) in [5.74, 6) is -5.00. The third-order valence-electron chi connectivity index (χ3n) is 4.67. The largest absolute Gasteiger partial charge is 0.481 e. The number of carbonyl (C=O) groups is 5. The number of H-pyrrole nitrogens is 1. The number of aliphatic hydroxyl groups excluding tert-OH is 1. The predicted octanol–water partition coefficient (Wildman–Crippen LogP) is -2.57. The van der Waals surface area contributed by atoms with Crippen LogP contribution in [-0.2, 0) is 30.4 Å². The van der Waals surface area contributed by atoms with Crippen LogP contribution in [0.5, 0.6) is 0 Å². The molecule has 0 aliphatic carbocycles. The van der Waals surface area contributed by atoms with Gasteiger partial charge in [0.25, 0.3) is 0 Å². The molecule has 1 aromatic heterocycles. The van der Waals surface area contributed by atoms with Gasteiger partial charge in [-0.15, -0.1) is 0 Å². The van der Waals surface area contributed by atoms with Gasteiger partial charge in [-0.1, -0.05) is 0 Å². The molecule has 0 radical (unpaired) electrons. The summed E-state index contributed by atoms with van der Waals surface area (Å²) in [7, 11) is 0. The van der Waals surface area contributed by atoms with Crippen molar-refractivity contribution in [2.75, 3.05) is 12.0 Å². The average Bonchev–Trinajstić information content (AvgIpc) is 3.27. The quantitative estimate of drug-likeness (QED) is 0.124. The van der Waals surface area contributed by atoms with Crippen molar-refractivity contribution < 1.29 is 39.3 Å². The first-order chi connectivity index (χ1) is 16.0. The fourth-order valence-electron chi connectivity index (χ4n) is 2.74. The highest BCUT2D eigenvalue weighted by Crippen LogP contribution is 2.06. The van der Waals surface area contributed by atoms with E-state index in [1.807, 2.05) is 0 Å². The molecular weight excluding hydrogens is 472 g/mol. The minimum Gasteiger partial charge on any atom is -0.481 e. The van der Waals surface area contributed by atoms with Crippen LogP contribution in [-0.4, -0.2) is 97.2 Å². The number of nitrogens with two attached hydrogens (primary N) is 1. The zero-order valence-corrected chi connectivity index (χ0v) is 19.5. The zero-order valence-electron chi connectivity index (χ0n) is 18.7. The number of amides is 3. The molecule has 0 saturated heterocycles. The van der Waals surface area contributed by atoms with Gasteiger partial charge in [-0.05, 0) is 25.4 Å². The Balaban J connectivity index is 3.04. The number of hydrogen-bond acceptors (Lipinski definition) is 9. The lowest BCUT2D eigenvalue weighted by molar-refractivity contribution is -0.147. The van der Waals surface area contributed by atoms with Gasteiger partial charge in [0.1, 0.15) is 24.2 Å². The van der Waals surface area contributed by atoms with Crippen molar-refractivity contribution in [3.05, 3.63) is 18.2 Å². The monoisotopic (exact) mass is 502 g/mol. The van der Waals surface area contributed by atoms with Gasteiger partial charge in [0.05, 0.1) is 18.9 Å². The van der Waals surface area contributed by atoms with Gasteiger partial charge in [0.15, 0.2) is 0 Å². The summed E-state index contributed by atoms with van der Waals surface area (Å²) in [4.78, 5) is 66.9. The van der Waals surface area contributed by atoms with Crippen molar-refractivity contribution >= 4 is 41.4 Å². The molecule has 34 heavy (non-hydrogen) atoms. The number of rotatable bonds is 15. The predicted molar refractivity (Wildman–Crippen MR) is 121 cm³/mol. The van der Waals surface area contributed by atoms with Crippen molar-refractivity contribution in [3.8, 4) is 0 Å². The smallest absolute Gasteiger partial charge is 0.326 e. The topological polar surface area (TPSA) is 237 Å². The van der Waals surface area contributed by atoms with Crippen LogP contribution in [0, 0.1) is 0 Å². The fraction of sp³-hybridized carbons (Fsp3) is 0.579. The second-order valence-corrected chi connectivity index (χ2v) is 8.43. The molecule has 1 rings (SSSR count). The summed E-state index contributed by atoms with van der Waals surface area (Å²) < 4.78 is 0. The summed E-state index contributed by atoms with van der Waals surface area (Å²) in [6.07, 6.45) is 2.60. The summed E-state index contributed by atoms with van der Waals surface area (Å²) in [6.45, 7) is 1.31. The molecule has 3 amide bonds. The van der Waals surface area contributed by atoms with Crippen molar-refractivity contribution in [2.24, 2.45) is 5.73 Å². The van der Waals surface area contributed by atoms with Gasteiger partial charge >= 0.3 is 11.9 Å². The van der Waals surface area contributed by atoms with Crippen LogP contribution in [0.3, 0.4) is 0 Å². The van der Waals surface area contributed by atoms with Crippen molar-refractivity contribution in [1.29, 1.82) is 0 Å². The number of carboxylic acid groups (broad SMARTS) is 2. The molecule has 0 aliphatic heterocycles. The second-order valence-electron chi connectivity index (χ2n) is 7.45. The highest BCUT2D eigenvalue weighted by molar-refractivity contribution is 7.98. The molecular formula is C19H30N6O8S. The molecule has 15 heteroatoms. The van der Waals surface area contributed by atoms with E-state index in [0.29, 0.717) is 11.4 Å². The Morgan fingerprint density at radius 2 is 1.65 bits per heavy atom. The van der Waals surface area contributed by atoms with E-state index >= 15 is 0 Å². The molecule has 5 unspecified atom stereocenters. The number of aliphatic hydroxyl groups is 1. The van der Waals surface area contributed by atoms with Gasteiger partial charge in [-0.25, -0.2) is 9.78 Å².